The lowest BCUT2D eigenvalue weighted by Gasteiger charge is -2.29. The van der Waals surface area contributed by atoms with Crippen LogP contribution in [0.1, 0.15) is 44.2 Å². The summed E-state index contributed by atoms with van der Waals surface area (Å²) in [4.78, 5) is 19.9. The highest BCUT2D eigenvalue weighted by Crippen LogP contribution is 2.29. The molecule has 6 nitrogen and oxygen atoms in total. The van der Waals surface area contributed by atoms with E-state index in [1.807, 2.05) is 62.3 Å². The lowest BCUT2D eigenvalue weighted by Crippen LogP contribution is -2.39. The topological polar surface area (TPSA) is 74.3 Å². The Morgan fingerprint density at radius 1 is 1.03 bits per heavy atom. The third-order valence-electron chi connectivity index (χ3n) is 6.69. The van der Waals surface area contributed by atoms with Crippen molar-refractivity contribution in [3.63, 3.8) is 0 Å². The predicted molar refractivity (Wildman–Crippen MR) is 142 cm³/mol. The van der Waals surface area contributed by atoms with Gasteiger partial charge in [0.05, 0.1) is 10.9 Å². The molecule has 1 fully saturated rings. The van der Waals surface area contributed by atoms with Gasteiger partial charge in [-0.2, -0.15) is 0 Å². The number of rotatable bonds is 8. The zero-order valence-corrected chi connectivity index (χ0v) is 21.7. The van der Waals surface area contributed by atoms with Crippen LogP contribution < -0.4 is 14.9 Å². The van der Waals surface area contributed by atoms with E-state index in [-0.39, 0.29) is 29.7 Å². The highest BCUT2D eigenvalue weighted by molar-refractivity contribution is 7.83. The summed E-state index contributed by atoms with van der Waals surface area (Å²) < 4.78 is 29.3. The monoisotopic (exact) mass is 508 g/mol. The summed E-state index contributed by atoms with van der Waals surface area (Å²) in [6.45, 7) is 1.91. The molecule has 0 spiro atoms. The van der Waals surface area contributed by atoms with Gasteiger partial charge in [-0.3, -0.25) is 4.79 Å². The number of nitrogens with one attached hydrogen (secondary N) is 2. The van der Waals surface area contributed by atoms with Crippen molar-refractivity contribution in [3.05, 3.63) is 78.2 Å². The first kappa shape index (κ1) is 26.0. The summed E-state index contributed by atoms with van der Waals surface area (Å²) in [5.74, 6) is 0.555. The summed E-state index contributed by atoms with van der Waals surface area (Å²) in [7, 11) is 2.60. The van der Waals surface area contributed by atoms with Crippen molar-refractivity contribution in [2.24, 2.45) is 5.92 Å². The first-order chi connectivity index (χ1) is 17.3. The zero-order chi connectivity index (χ0) is 25.7. The summed E-state index contributed by atoms with van der Waals surface area (Å²) >= 11 is 0. The SMILES string of the molecule is C[C@@H](NC(=O)C1CCC(NS(=O)c2ccc(-c3cccnc3N(C)C)cc2)CC1)c1ccc(F)cc1. The normalized spacial score (nSPS) is 19.3. The molecule has 0 bridgehead atoms. The van der Waals surface area contributed by atoms with Crippen LogP contribution in [-0.4, -0.2) is 35.2 Å². The Labute approximate surface area is 214 Å². The number of benzene rings is 2. The molecule has 2 atom stereocenters. The van der Waals surface area contributed by atoms with Crippen LogP contribution >= 0.6 is 0 Å². The fourth-order valence-electron chi connectivity index (χ4n) is 4.60. The van der Waals surface area contributed by atoms with Crippen LogP contribution in [0.2, 0.25) is 0 Å². The van der Waals surface area contributed by atoms with Crippen molar-refractivity contribution in [2.75, 3.05) is 19.0 Å². The Morgan fingerprint density at radius 3 is 2.33 bits per heavy atom. The number of anilines is 1. The lowest BCUT2D eigenvalue weighted by molar-refractivity contribution is -0.126. The molecule has 8 heteroatoms. The van der Waals surface area contributed by atoms with Crippen LogP contribution in [0.5, 0.6) is 0 Å². The molecule has 3 aromatic rings. The predicted octanol–water partition coefficient (Wildman–Crippen LogP) is 5.00. The fourth-order valence-corrected chi connectivity index (χ4v) is 5.65. The third-order valence-corrected chi connectivity index (χ3v) is 7.94. The minimum atomic E-state index is -1.32. The molecule has 1 aliphatic rings. The molecule has 0 aliphatic heterocycles. The van der Waals surface area contributed by atoms with Crippen molar-refractivity contribution >= 4 is 22.7 Å². The zero-order valence-electron chi connectivity index (χ0n) is 20.9. The summed E-state index contributed by atoms with van der Waals surface area (Å²) in [5, 5.41) is 3.05. The van der Waals surface area contributed by atoms with Crippen molar-refractivity contribution in [3.8, 4) is 11.1 Å². The van der Waals surface area contributed by atoms with Gasteiger partial charge in [0.15, 0.2) is 0 Å². The molecule has 2 aromatic carbocycles. The van der Waals surface area contributed by atoms with Crippen molar-refractivity contribution in [2.45, 2.75) is 49.6 Å². The van der Waals surface area contributed by atoms with Crippen molar-refractivity contribution < 1.29 is 13.4 Å². The van der Waals surface area contributed by atoms with Crippen LogP contribution in [0.25, 0.3) is 11.1 Å². The van der Waals surface area contributed by atoms with Crippen LogP contribution in [0.15, 0.2) is 71.8 Å². The second kappa shape index (κ2) is 11.8. The molecule has 4 rings (SSSR count). The molecule has 0 saturated heterocycles. The number of aromatic nitrogens is 1. The number of amides is 1. The molecule has 2 N–H and O–H groups in total. The second-order valence-corrected chi connectivity index (χ2v) is 10.8. The van der Waals surface area contributed by atoms with E-state index in [0.29, 0.717) is 0 Å². The number of carbonyl (C=O) groups is 1. The maximum absolute atomic E-state index is 13.1. The van der Waals surface area contributed by atoms with Gasteiger partial charge in [-0.25, -0.2) is 18.3 Å². The lowest BCUT2D eigenvalue weighted by atomic mass is 9.85. The molecule has 1 aromatic heterocycles. The molecule has 1 unspecified atom stereocenters. The highest BCUT2D eigenvalue weighted by atomic mass is 32.2. The smallest absolute Gasteiger partial charge is 0.223 e. The number of halogens is 1. The Balaban J connectivity index is 1.28. The number of hydrogen-bond donors (Lipinski definition) is 2. The standard InChI is InChI=1S/C28H33FN4O2S/c1-19(20-6-12-23(29)13-7-20)31-28(34)22-8-14-24(15-9-22)32-36(35)25-16-10-21(11-17-25)26-5-4-18-30-27(26)33(2)3/h4-7,10-13,16-19,22,24,32H,8-9,14-15H2,1-3H3,(H,31,34)/t19-,22?,24?,36?/m1/s1. The van der Waals surface area contributed by atoms with E-state index >= 15 is 0 Å². The summed E-state index contributed by atoms with van der Waals surface area (Å²) in [5.41, 5.74) is 2.93. The van der Waals surface area contributed by atoms with E-state index in [1.54, 1.807) is 18.3 Å². The van der Waals surface area contributed by atoms with Crippen LogP contribution in [0.4, 0.5) is 10.2 Å². The largest absolute Gasteiger partial charge is 0.362 e. The molecule has 1 aliphatic carbocycles. The van der Waals surface area contributed by atoms with Gasteiger partial charge in [0.2, 0.25) is 5.91 Å². The number of carbonyl (C=O) groups excluding carboxylic acids is 1. The summed E-state index contributed by atoms with van der Waals surface area (Å²) in [6, 6.07) is 17.8. The number of hydrogen-bond acceptors (Lipinski definition) is 4. The molecule has 36 heavy (non-hydrogen) atoms. The highest BCUT2D eigenvalue weighted by Gasteiger charge is 2.28. The second-order valence-electron chi connectivity index (χ2n) is 9.51. The van der Waals surface area contributed by atoms with E-state index < -0.39 is 11.0 Å². The Kier molecular flexibility index (Phi) is 8.48. The average molecular weight is 509 g/mol. The minimum absolute atomic E-state index is 0.0227. The van der Waals surface area contributed by atoms with E-state index in [2.05, 4.69) is 15.0 Å². The number of pyridine rings is 1. The summed E-state index contributed by atoms with van der Waals surface area (Å²) in [6.07, 6.45) is 4.83. The minimum Gasteiger partial charge on any atom is -0.362 e. The van der Waals surface area contributed by atoms with Crippen molar-refractivity contribution in [1.29, 1.82) is 0 Å². The van der Waals surface area contributed by atoms with Crippen molar-refractivity contribution in [1.82, 2.24) is 15.0 Å². The van der Waals surface area contributed by atoms with Crippen LogP contribution in [-0.2, 0) is 15.8 Å². The molecule has 190 valence electrons. The van der Waals surface area contributed by atoms with Gasteiger partial charge < -0.3 is 10.2 Å². The maximum atomic E-state index is 13.1. The molecule has 1 saturated carbocycles. The van der Waals surface area contributed by atoms with Gasteiger partial charge in [0, 0.05) is 37.8 Å². The molecule has 1 heterocycles. The molecular formula is C28H33FN4O2S. The first-order valence-electron chi connectivity index (χ1n) is 12.3. The number of nitrogens with zero attached hydrogens (tertiary/aromatic N) is 2. The van der Waals surface area contributed by atoms with E-state index in [4.69, 9.17) is 0 Å². The van der Waals surface area contributed by atoms with Gasteiger partial charge in [0.1, 0.15) is 22.6 Å². The third kappa shape index (κ3) is 6.36. The van der Waals surface area contributed by atoms with E-state index in [0.717, 1.165) is 53.1 Å². The van der Waals surface area contributed by atoms with Gasteiger partial charge in [-0.05, 0) is 80.1 Å². The molecular weight excluding hydrogens is 475 g/mol. The van der Waals surface area contributed by atoms with Gasteiger partial charge in [-0.15, -0.1) is 0 Å². The maximum Gasteiger partial charge on any atom is 0.223 e. The van der Waals surface area contributed by atoms with Gasteiger partial charge in [-0.1, -0.05) is 24.3 Å². The fraction of sp³-hybridized carbons (Fsp3) is 0.357. The van der Waals surface area contributed by atoms with E-state index in [9.17, 15) is 13.4 Å². The Morgan fingerprint density at radius 2 is 1.69 bits per heavy atom. The van der Waals surface area contributed by atoms with Crippen LogP contribution in [0.3, 0.4) is 0 Å². The quantitative estimate of drug-likeness (QED) is 0.449. The van der Waals surface area contributed by atoms with Crippen LogP contribution in [0, 0.1) is 11.7 Å². The Bertz CT molecular complexity index is 1190. The average Bonchev–Trinajstić information content (AvgIpc) is 2.89. The first-order valence-corrected chi connectivity index (χ1v) is 13.4. The van der Waals surface area contributed by atoms with E-state index in [1.165, 1.54) is 12.1 Å². The van der Waals surface area contributed by atoms with Gasteiger partial charge in [0.25, 0.3) is 0 Å². The Hall–Kier alpha value is -3.10. The van der Waals surface area contributed by atoms with Gasteiger partial charge >= 0.3 is 0 Å². The molecule has 0 radical (unpaired) electrons. The molecule has 1 amide bonds.